The topological polar surface area (TPSA) is 63.7 Å². The van der Waals surface area contributed by atoms with Crippen LogP contribution in [-0.2, 0) is 6.61 Å². The largest absolute Gasteiger partial charge is 0.471 e. The summed E-state index contributed by atoms with van der Waals surface area (Å²) in [4.78, 5) is 15.2. The number of nitrogens with zero attached hydrogens (tertiary/aromatic N) is 3. The number of benzene rings is 1. The summed E-state index contributed by atoms with van der Waals surface area (Å²) in [7, 11) is 0. The van der Waals surface area contributed by atoms with Crippen molar-refractivity contribution in [3.63, 3.8) is 0 Å². The number of aryl methyl sites for hydroxylation is 1. The summed E-state index contributed by atoms with van der Waals surface area (Å²) < 4.78 is 5.72. The van der Waals surface area contributed by atoms with Gasteiger partial charge in [-0.05, 0) is 18.1 Å². The Morgan fingerprint density at radius 1 is 1.17 bits per heavy atom. The third kappa shape index (κ3) is 1.90. The molecule has 18 heavy (non-hydrogen) atoms. The van der Waals surface area contributed by atoms with Gasteiger partial charge in [0, 0.05) is 0 Å². The quantitative estimate of drug-likeness (QED) is 0.762. The Hall–Kier alpha value is -2.43. The third-order valence-corrected chi connectivity index (χ3v) is 2.81. The fourth-order valence-corrected chi connectivity index (χ4v) is 1.77. The smallest absolute Gasteiger partial charge is 0.243 e. The Morgan fingerprint density at radius 2 is 2.06 bits per heavy atom. The highest BCUT2D eigenvalue weighted by atomic mass is 16.5. The first kappa shape index (κ1) is 10.7. The van der Waals surface area contributed by atoms with E-state index < -0.39 is 0 Å². The normalized spacial score (nSPS) is 10.7. The van der Waals surface area contributed by atoms with Crippen LogP contribution >= 0.6 is 0 Å². The lowest BCUT2D eigenvalue weighted by Gasteiger charge is -2.07. The van der Waals surface area contributed by atoms with Crippen LogP contribution in [0, 0.1) is 6.92 Å². The minimum Gasteiger partial charge on any atom is -0.471 e. The number of aromatic amines is 1. The van der Waals surface area contributed by atoms with Crippen LogP contribution in [0.1, 0.15) is 11.1 Å². The molecule has 3 rings (SSSR count). The predicted molar refractivity (Wildman–Crippen MR) is 67.2 cm³/mol. The van der Waals surface area contributed by atoms with Gasteiger partial charge in [-0.1, -0.05) is 24.3 Å². The molecule has 0 amide bonds. The lowest BCUT2D eigenvalue weighted by atomic mass is 10.1. The van der Waals surface area contributed by atoms with E-state index in [1.807, 2.05) is 18.2 Å². The first-order chi connectivity index (χ1) is 8.84. The van der Waals surface area contributed by atoms with Gasteiger partial charge in [0.15, 0.2) is 5.65 Å². The fraction of sp³-hybridized carbons (Fsp3) is 0.154. The summed E-state index contributed by atoms with van der Waals surface area (Å²) in [6, 6.07) is 8.11. The highest BCUT2D eigenvalue weighted by Gasteiger charge is 2.07. The zero-order valence-corrected chi connectivity index (χ0v) is 9.92. The van der Waals surface area contributed by atoms with E-state index in [0.717, 1.165) is 11.1 Å². The molecule has 5 nitrogen and oxygen atoms in total. The Kier molecular flexibility index (Phi) is 2.64. The molecule has 5 heteroatoms. The van der Waals surface area contributed by atoms with E-state index in [9.17, 15) is 0 Å². The molecule has 1 N–H and O–H groups in total. The van der Waals surface area contributed by atoms with Gasteiger partial charge < -0.3 is 9.72 Å². The molecule has 0 radical (unpaired) electrons. The SMILES string of the molecule is Cc1ccccc1COc1ncnc2nc[nH]c12. The number of rotatable bonds is 3. The van der Waals surface area contributed by atoms with Gasteiger partial charge in [-0.15, -0.1) is 0 Å². The van der Waals surface area contributed by atoms with Crippen molar-refractivity contribution in [1.29, 1.82) is 0 Å². The van der Waals surface area contributed by atoms with E-state index >= 15 is 0 Å². The molecule has 3 aromatic rings. The van der Waals surface area contributed by atoms with Gasteiger partial charge in [-0.3, -0.25) is 0 Å². The second-order valence-corrected chi connectivity index (χ2v) is 4.00. The van der Waals surface area contributed by atoms with Crippen molar-refractivity contribution in [1.82, 2.24) is 19.9 Å². The minimum atomic E-state index is 0.484. The number of imidazole rings is 1. The van der Waals surface area contributed by atoms with Gasteiger partial charge in [-0.25, -0.2) is 9.97 Å². The lowest BCUT2D eigenvalue weighted by molar-refractivity contribution is 0.296. The Balaban J connectivity index is 1.85. The average Bonchev–Trinajstić information content (AvgIpc) is 2.86. The maximum Gasteiger partial charge on any atom is 0.243 e. The summed E-state index contributed by atoms with van der Waals surface area (Å²) in [5.41, 5.74) is 3.69. The zero-order valence-electron chi connectivity index (χ0n) is 9.92. The van der Waals surface area contributed by atoms with Crippen LogP contribution in [0.3, 0.4) is 0 Å². The molecule has 0 bridgehead atoms. The first-order valence-electron chi connectivity index (χ1n) is 5.66. The van der Waals surface area contributed by atoms with E-state index in [1.165, 1.54) is 11.9 Å². The van der Waals surface area contributed by atoms with Crippen molar-refractivity contribution in [2.24, 2.45) is 0 Å². The molecule has 0 fully saturated rings. The van der Waals surface area contributed by atoms with Crippen LogP contribution < -0.4 is 4.74 Å². The molecule has 0 aliphatic heterocycles. The van der Waals surface area contributed by atoms with E-state index in [4.69, 9.17) is 4.74 Å². The molecule has 2 heterocycles. The molecule has 2 aromatic heterocycles. The van der Waals surface area contributed by atoms with Crippen LogP contribution in [-0.4, -0.2) is 19.9 Å². The Bertz CT molecular complexity index is 677. The van der Waals surface area contributed by atoms with Crippen molar-refractivity contribution >= 4 is 11.2 Å². The fourth-order valence-electron chi connectivity index (χ4n) is 1.77. The number of aromatic nitrogens is 4. The van der Waals surface area contributed by atoms with Crippen molar-refractivity contribution in [3.8, 4) is 5.88 Å². The van der Waals surface area contributed by atoms with Crippen LogP contribution in [0.15, 0.2) is 36.9 Å². The zero-order chi connectivity index (χ0) is 12.4. The summed E-state index contributed by atoms with van der Waals surface area (Å²) in [5, 5.41) is 0. The number of nitrogens with one attached hydrogen (secondary N) is 1. The van der Waals surface area contributed by atoms with Crippen LogP contribution in [0.4, 0.5) is 0 Å². The number of hydrogen-bond donors (Lipinski definition) is 1. The van der Waals surface area contributed by atoms with Crippen molar-refractivity contribution in [2.75, 3.05) is 0 Å². The third-order valence-electron chi connectivity index (χ3n) is 2.81. The molecule has 0 spiro atoms. The molecule has 90 valence electrons. The van der Waals surface area contributed by atoms with Crippen LogP contribution in [0.25, 0.3) is 11.2 Å². The van der Waals surface area contributed by atoms with Crippen LogP contribution in [0.2, 0.25) is 0 Å². The maximum absolute atomic E-state index is 5.72. The number of hydrogen-bond acceptors (Lipinski definition) is 4. The Labute approximate surface area is 104 Å². The molecule has 0 aliphatic carbocycles. The van der Waals surface area contributed by atoms with Crippen molar-refractivity contribution < 1.29 is 4.74 Å². The molecule has 0 aliphatic rings. The van der Waals surface area contributed by atoms with E-state index in [1.54, 1.807) is 6.33 Å². The summed E-state index contributed by atoms with van der Waals surface area (Å²) in [5.74, 6) is 0.528. The molecule has 0 unspecified atom stereocenters. The van der Waals surface area contributed by atoms with Crippen molar-refractivity contribution in [2.45, 2.75) is 13.5 Å². The van der Waals surface area contributed by atoms with Gasteiger partial charge in [-0.2, -0.15) is 4.98 Å². The minimum absolute atomic E-state index is 0.484. The average molecular weight is 240 g/mol. The standard InChI is InChI=1S/C13H12N4O/c1-9-4-2-3-5-10(9)6-18-13-11-12(15-7-14-11)16-8-17-13/h2-5,7-8H,6H2,1H3,(H,14,15,16,17). The lowest BCUT2D eigenvalue weighted by Crippen LogP contribution is -2.00. The van der Waals surface area contributed by atoms with Gasteiger partial charge in [0.2, 0.25) is 5.88 Å². The van der Waals surface area contributed by atoms with E-state index in [2.05, 4.69) is 32.9 Å². The van der Waals surface area contributed by atoms with Crippen molar-refractivity contribution in [3.05, 3.63) is 48.0 Å². The summed E-state index contributed by atoms with van der Waals surface area (Å²) in [6.07, 6.45) is 3.04. The van der Waals surface area contributed by atoms with E-state index in [0.29, 0.717) is 18.1 Å². The van der Waals surface area contributed by atoms with E-state index in [-0.39, 0.29) is 0 Å². The van der Waals surface area contributed by atoms with Gasteiger partial charge >= 0.3 is 0 Å². The molecule has 1 aromatic carbocycles. The number of H-pyrrole nitrogens is 1. The number of ether oxygens (including phenoxy) is 1. The maximum atomic E-state index is 5.72. The summed E-state index contributed by atoms with van der Waals surface area (Å²) >= 11 is 0. The molecular formula is C13H12N4O. The van der Waals surface area contributed by atoms with Crippen LogP contribution in [0.5, 0.6) is 5.88 Å². The van der Waals surface area contributed by atoms with Gasteiger partial charge in [0.25, 0.3) is 0 Å². The second-order valence-electron chi connectivity index (χ2n) is 4.00. The predicted octanol–water partition coefficient (Wildman–Crippen LogP) is 2.24. The highest BCUT2D eigenvalue weighted by molar-refractivity contribution is 5.74. The molecule has 0 atom stereocenters. The monoisotopic (exact) mass is 240 g/mol. The molecular weight excluding hydrogens is 228 g/mol. The highest BCUT2D eigenvalue weighted by Crippen LogP contribution is 2.18. The molecule has 0 saturated carbocycles. The number of fused-ring (bicyclic) bond motifs is 1. The summed E-state index contributed by atoms with van der Waals surface area (Å²) in [6.45, 7) is 2.54. The molecule has 0 saturated heterocycles. The van der Waals surface area contributed by atoms with Gasteiger partial charge in [0.05, 0.1) is 6.33 Å². The first-order valence-corrected chi connectivity index (χ1v) is 5.66. The Morgan fingerprint density at radius 3 is 2.94 bits per heavy atom. The second kappa shape index (κ2) is 4.44. The van der Waals surface area contributed by atoms with Gasteiger partial charge in [0.1, 0.15) is 18.5 Å².